The van der Waals surface area contributed by atoms with Crippen molar-refractivity contribution in [2.75, 3.05) is 13.2 Å². The number of benzene rings is 1. The molecule has 0 saturated heterocycles. The summed E-state index contributed by atoms with van der Waals surface area (Å²) >= 11 is 0. The average molecular weight is 275 g/mol. The summed E-state index contributed by atoms with van der Waals surface area (Å²) in [5.74, 6) is 0.816. The van der Waals surface area contributed by atoms with Gasteiger partial charge >= 0.3 is 0 Å². The van der Waals surface area contributed by atoms with E-state index in [1.165, 1.54) is 0 Å². The van der Waals surface area contributed by atoms with Gasteiger partial charge in [-0.1, -0.05) is 18.2 Å². The fourth-order valence-electron chi connectivity index (χ4n) is 1.89. The van der Waals surface area contributed by atoms with Crippen molar-refractivity contribution in [1.82, 2.24) is 15.1 Å². The highest BCUT2D eigenvalue weighted by molar-refractivity contribution is 5.31. The molecular formula is C15H21N3O2. The van der Waals surface area contributed by atoms with E-state index in [1.807, 2.05) is 50.5 Å². The summed E-state index contributed by atoms with van der Waals surface area (Å²) in [4.78, 5) is 0. The largest absolute Gasteiger partial charge is 0.491 e. The Morgan fingerprint density at radius 2 is 2.15 bits per heavy atom. The molecule has 108 valence electrons. The number of nitrogens with one attached hydrogen (secondary N) is 1. The summed E-state index contributed by atoms with van der Waals surface area (Å²) in [7, 11) is 1.88. The Hall–Kier alpha value is -1.85. The summed E-state index contributed by atoms with van der Waals surface area (Å²) in [5.41, 5.74) is 2.03. The molecule has 1 aromatic carbocycles. The fourth-order valence-corrected chi connectivity index (χ4v) is 1.89. The van der Waals surface area contributed by atoms with Crippen LogP contribution in [-0.4, -0.2) is 34.1 Å². The highest BCUT2D eigenvalue weighted by atomic mass is 16.5. The van der Waals surface area contributed by atoms with E-state index in [1.54, 1.807) is 4.68 Å². The van der Waals surface area contributed by atoms with Gasteiger partial charge in [0, 0.05) is 26.3 Å². The molecular weight excluding hydrogens is 254 g/mol. The molecule has 0 saturated carbocycles. The summed E-state index contributed by atoms with van der Waals surface area (Å²) in [6.45, 7) is 3.38. The molecule has 2 N–H and O–H groups in total. The van der Waals surface area contributed by atoms with Gasteiger partial charge in [-0.3, -0.25) is 4.68 Å². The number of rotatable bonds is 7. The van der Waals surface area contributed by atoms with Crippen molar-refractivity contribution in [3.8, 4) is 5.75 Å². The molecule has 0 radical (unpaired) electrons. The molecule has 0 amide bonds. The Bertz CT molecular complexity index is 539. The highest BCUT2D eigenvalue weighted by Crippen LogP contribution is 2.16. The summed E-state index contributed by atoms with van der Waals surface area (Å²) in [6.07, 6.45) is 1.35. The van der Waals surface area contributed by atoms with E-state index in [0.717, 1.165) is 17.0 Å². The molecule has 1 atom stereocenters. The third-order valence-corrected chi connectivity index (χ3v) is 2.98. The number of hydrogen-bond acceptors (Lipinski definition) is 4. The lowest BCUT2D eigenvalue weighted by Gasteiger charge is -2.14. The predicted octanol–water partition coefficient (Wildman–Crippen LogP) is 1.26. The van der Waals surface area contributed by atoms with Crippen molar-refractivity contribution in [2.45, 2.75) is 19.6 Å². The average Bonchev–Trinajstić information content (AvgIpc) is 2.83. The number of aromatic nitrogens is 2. The molecule has 0 spiro atoms. The van der Waals surface area contributed by atoms with Crippen LogP contribution >= 0.6 is 0 Å². The zero-order valence-corrected chi connectivity index (χ0v) is 11.9. The lowest BCUT2D eigenvalue weighted by molar-refractivity contribution is 0.106. The topological polar surface area (TPSA) is 59.3 Å². The second kappa shape index (κ2) is 7.07. The van der Waals surface area contributed by atoms with Crippen LogP contribution in [0.25, 0.3) is 0 Å². The van der Waals surface area contributed by atoms with Crippen molar-refractivity contribution in [1.29, 1.82) is 0 Å². The minimum absolute atomic E-state index is 0.278. The fraction of sp³-hybridized carbons (Fsp3) is 0.400. The van der Waals surface area contributed by atoms with Crippen LogP contribution in [0.1, 0.15) is 11.3 Å². The van der Waals surface area contributed by atoms with Crippen LogP contribution in [0.5, 0.6) is 5.75 Å². The van der Waals surface area contributed by atoms with E-state index in [9.17, 15) is 5.11 Å². The van der Waals surface area contributed by atoms with Gasteiger partial charge in [-0.05, 0) is 24.6 Å². The third kappa shape index (κ3) is 4.36. The first-order valence-electron chi connectivity index (χ1n) is 6.71. The molecule has 1 heterocycles. The van der Waals surface area contributed by atoms with E-state index in [2.05, 4.69) is 10.4 Å². The maximum absolute atomic E-state index is 9.87. The Balaban J connectivity index is 1.68. The smallest absolute Gasteiger partial charge is 0.122 e. The number of nitrogens with zero attached hydrogens (tertiary/aromatic N) is 2. The minimum atomic E-state index is -0.543. The van der Waals surface area contributed by atoms with Gasteiger partial charge < -0.3 is 15.2 Å². The van der Waals surface area contributed by atoms with E-state index in [0.29, 0.717) is 13.1 Å². The van der Waals surface area contributed by atoms with Crippen LogP contribution in [0.2, 0.25) is 0 Å². The van der Waals surface area contributed by atoms with Gasteiger partial charge in [-0.2, -0.15) is 5.10 Å². The first-order valence-corrected chi connectivity index (χ1v) is 6.71. The number of aliphatic hydroxyl groups excluding tert-OH is 1. The molecule has 5 heteroatoms. The quantitative estimate of drug-likeness (QED) is 0.798. The Morgan fingerprint density at radius 1 is 1.35 bits per heavy atom. The second-order valence-electron chi connectivity index (χ2n) is 4.84. The standard InChI is InChI=1S/C15H21N3O2/c1-12-5-3-4-6-15(12)20-11-14(19)10-16-9-13-7-8-18(2)17-13/h3-8,14,16,19H,9-11H2,1-2H3. The van der Waals surface area contributed by atoms with E-state index >= 15 is 0 Å². The molecule has 1 unspecified atom stereocenters. The number of aryl methyl sites for hydroxylation is 2. The predicted molar refractivity (Wildman–Crippen MR) is 77.6 cm³/mol. The van der Waals surface area contributed by atoms with Crippen LogP contribution < -0.4 is 10.1 Å². The molecule has 0 aliphatic carbocycles. The van der Waals surface area contributed by atoms with Gasteiger partial charge in [0.2, 0.25) is 0 Å². The van der Waals surface area contributed by atoms with E-state index in [4.69, 9.17) is 4.74 Å². The number of ether oxygens (including phenoxy) is 1. The van der Waals surface area contributed by atoms with Crippen molar-refractivity contribution in [3.63, 3.8) is 0 Å². The van der Waals surface area contributed by atoms with Crippen LogP contribution in [-0.2, 0) is 13.6 Å². The molecule has 0 fully saturated rings. The van der Waals surface area contributed by atoms with Gasteiger partial charge in [-0.15, -0.1) is 0 Å². The van der Waals surface area contributed by atoms with Crippen LogP contribution in [0.15, 0.2) is 36.5 Å². The normalized spacial score (nSPS) is 12.3. The van der Waals surface area contributed by atoms with Crippen molar-refractivity contribution in [2.24, 2.45) is 7.05 Å². The molecule has 0 aliphatic heterocycles. The minimum Gasteiger partial charge on any atom is -0.491 e. The van der Waals surface area contributed by atoms with Crippen LogP contribution in [0.3, 0.4) is 0 Å². The summed E-state index contributed by atoms with van der Waals surface area (Å²) in [5, 5.41) is 17.3. The van der Waals surface area contributed by atoms with Crippen molar-refractivity contribution < 1.29 is 9.84 Å². The van der Waals surface area contributed by atoms with Crippen molar-refractivity contribution >= 4 is 0 Å². The Labute approximate surface area is 119 Å². The summed E-state index contributed by atoms with van der Waals surface area (Å²) in [6, 6.07) is 9.73. The summed E-state index contributed by atoms with van der Waals surface area (Å²) < 4.78 is 7.35. The first kappa shape index (κ1) is 14.6. The SMILES string of the molecule is Cc1ccccc1OCC(O)CNCc1ccn(C)n1. The molecule has 20 heavy (non-hydrogen) atoms. The molecule has 2 rings (SSSR count). The van der Waals surface area contributed by atoms with Gasteiger partial charge in [0.1, 0.15) is 18.5 Å². The Kier molecular flexibility index (Phi) is 5.15. The third-order valence-electron chi connectivity index (χ3n) is 2.98. The monoisotopic (exact) mass is 275 g/mol. The van der Waals surface area contributed by atoms with Crippen molar-refractivity contribution in [3.05, 3.63) is 47.8 Å². The molecule has 0 aliphatic rings. The second-order valence-corrected chi connectivity index (χ2v) is 4.84. The molecule has 5 nitrogen and oxygen atoms in total. The lowest BCUT2D eigenvalue weighted by atomic mass is 10.2. The molecule has 0 bridgehead atoms. The number of hydrogen-bond donors (Lipinski definition) is 2. The Morgan fingerprint density at radius 3 is 2.85 bits per heavy atom. The van der Waals surface area contributed by atoms with Crippen LogP contribution in [0.4, 0.5) is 0 Å². The zero-order valence-electron chi connectivity index (χ0n) is 11.9. The molecule has 1 aromatic heterocycles. The number of para-hydroxylation sites is 1. The maximum Gasteiger partial charge on any atom is 0.122 e. The zero-order chi connectivity index (χ0) is 14.4. The highest BCUT2D eigenvalue weighted by Gasteiger charge is 2.06. The van der Waals surface area contributed by atoms with Gasteiger partial charge in [0.25, 0.3) is 0 Å². The van der Waals surface area contributed by atoms with E-state index in [-0.39, 0.29) is 6.61 Å². The van der Waals surface area contributed by atoms with Gasteiger partial charge in [-0.25, -0.2) is 0 Å². The maximum atomic E-state index is 9.87. The molecule has 2 aromatic rings. The van der Waals surface area contributed by atoms with Crippen LogP contribution in [0, 0.1) is 6.92 Å². The first-order chi connectivity index (χ1) is 9.65. The number of aliphatic hydroxyl groups is 1. The van der Waals surface area contributed by atoms with Gasteiger partial charge in [0.15, 0.2) is 0 Å². The lowest BCUT2D eigenvalue weighted by Crippen LogP contribution is -2.31. The van der Waals surface area contributed by atoms with E-state index < -0.39 is 6.10 Å². The van der Waals surface area contributed by atoms with Gasteiger partial charge in [0.05, 0.1) is 5.69 Å².